The van der Waals surface area contributed by atoms with E-state index < -0.39 is 0 Å². The molecule has 1 unspecified atom stereocenters. The largest absolute Gasteiger partial charge is 0 e. The number of hydrogen-bond acceptors (Lipinski definition) is 0. The van der Waals surface area contributed by atoms with Gasteiger partial charge in [-0.25, -0.2) is 0 Å². The quantitative estimate of drug-likeness (QED) is 0.419. The van der Waals surface area contributed by atoms with Gasteiger partial charge in [0, 0.05) is 36.9 Å². The van der Waals surface area contributed by atoms with E-state index in [1.165, 1.54) is 19.3 Å². The normalized spacial score (nSPS) is 1.25. The van der Waals surface area contributed by atoms with Crippen LogP contribution in [0, 0.1) is 0 Å². The molecular formula is H2NiPPdW. The second-order valence-electron chi connectivity index (χ2n) is 0. The summed E-state index contributed by atoms with van der Waals surface area (Å²) in [5, 5.41) is 0. The van der Waals surface area contributed by atoms with Gasteiger partial charge in [-0.05, 0) is 0 Å². The Morgan fingerprint density at radius 2 is 1.25 bits per heavy atom. The van der Waals surface area contributed by atoms with Crippen LogP contribution in [-0.2, 0) is 56.2 Å². The fraction of sp³-hybridized carbons (Fsp3) is 0. The molecule has 0 saturated heterocycles. The molecule has 0 rings (SSSR count). The molecule has 33 valence electrons. The molecule has 0 aromatic heterocycles. The van der Waals surface area contributed by atoms with E-state index in [1.807, 2.05) is 0 Å². The van der Waals surface area contributed by atoms with Gasteiger partial charge in [-0.3, -0.25) is 0 Å². The van der Waals surface area contributed by atoms with Crippen LogP contribution in [0.3, 0.4) is 0 Å². The Bertz CT molecular complexity index is 8.00. The third kappa shape index (κ3) is 8.86. The Balaban J connectivity index is -0.00000000500. The minimum absolute atomic E-state index is 0. The molecule has 0 bridgehead atoms. The van der Waals surface area contributed by atoms with Crippen molar-refractivity contribution in [2.24, 2.45) is 0 Å². The summed E-state index contributed by atoms with van der Waals surface area (Å²) in [6.45, 7) is 0. The first-order valence-corrected chi connectivity index (χ1v) is 5.79. The number of hydrogen-bond donors (Lipinski definition) is 0. The van der Waals surface area contributed by atoms with Crippen LogP contribution in [0.5, 0.6) is 0 Å². The first kappa shape index (κ1) is 16.3. The standard InChI is InChI=1S/Ni.H2P.Pd.W/h;1H2;;/q;-1;;+1. The Morgan fingerprint density at radius 1 is 1.25 bits per heavy atom. The summed E-state index contributed by atoms with van der Waals surface area (Å²) in [5.41, 5.74) is 0. The van der Waals surface area contributed by atoms with E-state index in [0.29, 0.717) is 0 Å². The topological polar surface area (TPSA) is 0 Å². The Labute approximate surface area is 63.0 Å². The minimum atomic E-state index is 0. The predicted molar refractivity (Wildman–Crippen MR) is 9.71 cm³/mol. The van der Waals surface area contributed by atoms with Gasteiger partial charge in [-0.2, -0.15) is 0 Å². The van der Waals surface area contributed by atoms with E-state index in [9.17, 15) is 0 Å². The van der Waals surface area contributed by atoms with Crippen molar-refractivity contribution in [3.05, 3.63) is 0 Å². The van der Waals surface area contributed by atoms with E-state index in [1.54, 1.807) is 0 Å². The fourth-order valence-electron chi connectivity index (χ4n) is 0. The summed E-state index contributed by atoms with van der Waals surface area (Å²) in [6, 6.07) is 0. The van der Waals surface area contributed by atoms with E-state index in [-0.39, 0.29) is 36.9 Å². The van der Waals surface area contributed by atoms with Crippen molar-refractivity contribution in [2.45, 2.75) is 0 Å². The fourth-order valence-corrected chi connectivity index (χ4v) is 0. The van der Waals surface area contributed by atoms with Gasteiger partial charge in [0.05, 0.1) is 0 Å². The second kappa shape index (κ2) is 18.6. The average Bonchev–Trinajstić information content (AvgIpc) is 1.00. The smallest absolute Gasteiger partial charge is 0 e. The summed E-state index contributed by atoms with van der Waals surface area (Å²) >= 11 is 1.50. The first-order chi connectivity index (χ1) is 1.00. The molecular weight excluding hydrogens is 380 g/mol. The van der Waals surface area contributed by atoms with Crippen LogP contribution in [0.15, 0.2) is 0 Å². The van der Waals surface area contributed by atoms with Crippen molar-refractivity contribution in [3.8, 4) is 0 Å². The molecule has 0 aliphatic rings. The average molecular weight is 382 g/mol. The molecule has 0 radical (unpaired) electrons. The molecule has 0 nitrogen and oxygen atoms in total. The summed E-state index contributed by atoms with van der Waals surface area (Å²) in [6.07, 6.45) is 0. The van der Waals surface area contributed by atoms with Crippen molar-refractivity contribution >= 4 is 7.33 Å². The third-order valence-electron chi connectivity index (χ3n) is 0. The van der Waals surface area contributed by atoms with Crippen LogP contribution in [0.1, 0.15) is 0 Å². The van der Waals surface area contributed by atoms with Gasteiger partial charge in [-0.15, -0.1) is 0 Å². The molecule has 0 fully saturated rings. The molecule has 1 atom stereocenters. The predicted octanol–water partition coefficient (Wildman–Crippen LogP) is 0.318. The molecule has 4 heavy (non-hydrogen) atoms. The Hall–Kier alpha value is 2.27. The van der Waals surface area contributed by atoms with Gasteiger partial charge < -0.3 is 0 Å². The van der Waals surface area contributed by atoms with Crippen molar-refractivity contribution in [3.63, 3.8) is 0 Å². The van der Waals surface area contributed by atoms with Gasteiger partial charge in [0.15, 0.2) is 0 Å². The second-order valence-corrected chi connectivity index (χ2v) is 0. The summed E-state index contributed by atoms with van der Waals surface area (Å²) in [5.74, 6) is 0. The van der Waals surface area contributed by atoms with Crippen molar-refractivity contribution < 1.29 is 56.2 Å². The van der Waals surface area contributed by atoms with Crippen LogP contribution < -0.4 is 0 Å². The van der Waals surface area contributed by atoms with Gasteiger partial charge in [0.25, 0.3) is 0 Å². The van der Waals surface area contributed by atoms with Crippen LogP contribution >= 0.6 is 7.33 Å². The molecule has 4 heteroatoms. The molecule has 0 aliphatic heterocycles. The van der Waals surface area contributed by atoms with E-state index in [2.05, 4.69) is 7.33 Å². The molecule has 0 N–H and O–H groups in total. The van der Waals surface area contributed by atoms with Crippen LogP contribution in [-0.4, -0.2) is 0 Å². The molecule has 0 spiro atoms. The van der Waals surface area contributed by atoms with Crippen molar-refractivity contribution in [1.29, 1.82) is 0 Å². The first-order valence-electron chi connectivity index (χ1n) is 0.236. The minimum Gasteiger partial charge on any atom is 0 e. The maximum Gasteiger partial charge on any atom is 0 e. The Morgan fingerprint density at radius 3 is 1.25 bits per heavy atom. The van der Waals surface area contributed by atoms with Crippen molar-refractivity contribution in [2.75, 3.05) is 0 Å². The van der Waals surface area contributed by atoms with Gasteiger partial charge in [-0.1, -0.05) is 0 Å². The summed E-state index contributed by atoms with van der Waals surface area (Å²) in [7, 11) is 2.50. The van der Waals surface area contributed by atoms with Crippen molar-refractivity contribution in [1.82, 2.24) is 0 Å². The number of rotatable bonds is 0. The van der Waals surface area contributed by atoms with E-state index >= 15 is 0 Å². The molecule has 0 aliphatic carbocycles. The molecule has 0 aromatic rings. The zero-order valence-electron chi connectivity index (χ0n) is 1.62. The van der Waals surface area contributed by atoms with Crippen LogP contribution in [0.2, 0.25) is 0 Å². The van der Waals surface area contributed by atoms with Crippen LogP contribution in [0.4, 0.5) is 0 Å². The molecule has 0 heterocycles. The molecule has 0 amide bonds. The monoisotopic (exact) mass is 381 g/mol. The SMILES string of the molecule is [Ni].[PH2][W].[Pd]. The zero-order chi connectivity index (χ0) is 2.00. The van der Waals surface area contributed by atoms with Gasteiger partial charge in [0.2, 0.25) is 0 Å². The van der Waals surface area contributed by atoms with Gasteiger partial charge >= 0.3 is 26.6 Å². The van der Waals surface area contributed by atoms with E-state index in [4.69, 9.17) is 0 Å². The van der Waals surface area contributed by atoms with Gasteiger partial charge in [0.1, 0.15) is 0 Å². The van der Waals surface area contributed by atoms with Crippen LogP contribution in [0.25, 0.3) is 0 Å². The zero-order valence-corrected chi connectivity index (χ0v) is 8.25. The summed E-state index contributed by atoms with van der Waals surface area (Å²) < 4.78 is 0. The molecule has 0 saturated carbocycles. The third-order valence-corrected chi connectivity index (χ3v) is 0. The molecule has 0 aromatic carbocycles. The summed E-state index contributed by atoms with van der Waals surface area (Å²) in [4.78, 5) is 0. The Kier molecular flexibility index (Phi) is 75.8. The van der Waals surface area contributed by atoms with E-state index in [0.717, 1.165) is 0 Å². The maximum atomic E-state index is 2.50. The maximum absolute atomic E-state index is 2.50.